The van der Waals surface area contributed by atoms with Gasteiger partial charge in [0, 0.05) is 10.9 Å². The molecule has 0 spiro atoms. The molecule has 0 aliphatic heterocycles. The Kier molecular flexibility index (Phi) is 5.00. The van der Waals surface area contributed by atoms with E-state index in [9.17, 15) is 4.79 Å². The monoisotopic (exact) mass is 300 g/mol. The summed E-state index contributed by atoms with van der Waals surface area (Å²) in [6, 6.07) is 7.60. The second-order valence-electron chi connectivity index (χ2n) is 4.07. The standard InChI is InChI=1S/C13H17BrO3/c1-4-16-12(15)13(2,3)17-11-8-6-5-7-10(11)9-14/h5-8H,4,9H2,1-3H3. The van der Waals surface area contributed by atoms with Gasteiger partial charge >= 0.3 is 5.97 Å². The quantitative estimate of drug-likeness (QED) is 0.618. The summed E-state index contributed by atoms with van der Waals surface area (Å²) < 4.78 is 10.7. The highest BCUT2D eigenvalue weighted by Gasteiger charge is 2.32. The molecule has 0 fully saturated rings. The number of rotatable bonds is 5. The molecule has 3 nitrogen and oxygen atoms in total. The fraction of sp³-hybridized carbons (Fsp3) is 0.462. The molecular weight excluding hydrogens is 284 g/mol. The summed E-state index contributed by atoms with van der Waals surface area (Å²) >= 11 is 3.39. The molecule has 0 aliphatic rings. The van der Waals surface area contributed by atoms with Gasteiger partial charge in [-0.3, -0.25) is 0 Å². The van der Waals surface area contributed by atoms with E-state index in [-0.39, 0.29) is 5.97 Å². The van der Waals surface area contributed by atoms with E-state index in [2.05, 4.69) is 15.9 Å². The summed E-state index contributed by atoms with van der Waals surface area (Å²) in [7, 11) is 0. The van der Waals surface area contributed by atoms with Crippen LogP contribution >= 0.6 is 15.9 Å². The van der Waals surface area contributed by atoms with Crippen molar-refractivity contribution in [2.75, 3.05) is 6.61 Å². The van der Waals surface area contributed by atoms with Crippen molar-refractivity contribution < 1.29 is 14.3 Å². The summed E-state index contributed by atoms with van der Waals surface area (Å²) in [5.74, 6) is 0.340. The van der Waals surface area contributed by atoms with Gasteiger partial charge in [-0.15, -0.1) is 0 Å². The van der Waals surface area contributed by atoms with Gasteiger partial charge in [-0.25, -0.2) is 4.79 Å². The first kappa shape index (κ1) is 14.0. The van der Waals surface area contributed by atoms with E-state index in [4.69, 9.17) is 9.47 Å². The fourth-order valence-corrected chi connectivity index (χ4v) is 1.80. The third-order valence-corrected chi connectivity index (χ3v) is 2.85. The fourth-order valence-electron chi connectivity index (χ4n) is 1.34. The van der Waals surface area contributed by atoms with E-state index < -0.39 is 5.60 Å². The molecule has 0 bridgehead atoms. The zero-order valence-electron chi connectivity index (χ0n) is 10.3. The first-order chi connectivity index (χ1) is 8.01. The van der Waals surface area contributed by atoms with Gasteiger partial charge in [-0.2, -0.15) is 0 Å². The lowest BCUT2D eigenvalue weighted by atomic mass is 10.1. The number of halogens is 1. The molecule has 0 saturated heterocycles. The molecule has 0 N–H and O–H groups in total. The Hall–Kier alpha value is -1.03. The average Bonchev–Trinajstić information content (AvgIpc) is 2.29. The topological polar surface area (TPSA) is 35.5 Å². The number of hydrogen-bond donors (Lipinski definition) is 0. The summed E-state index contributed by atoms with van der Waals surface area (Å²) in [6.07, 6.45) is 0. The number of alkyl halides is 1. The molecule has 1 rings (SSSR count). The van der Waals surface area contributed by atoms with Crippen LogP contribution in [-0.2, 0) is 14.9 Å². The van der Waals surface area contributed by atoms with Gasteiger partial charge in [0.25, 0.3) is 0 Å². The zero-order valence-corrected chi connectivity index (χ0v) is 11.9. The maximum Gasteiger partial charge on any atom is 0.349 e. The molecule has 94 valence electrons. The van der Waals surface area contributed by atoms with Crippen LogP contribution in [0.15, 0.2) is 24.3 Å². The summed E-state index contributed by atoms with van der Waals surface area (Å²) in [5.41, 5.74) is 0.0266. The molecule has 0 saturated carbocycles. The van der Waals surface area contributed by atoms with Gasteiger partial charge in [-0.1, -0.05) is 34.1 Å². The second kappa shape index (κ2) is 6.05. The van der Waals surface area contributed by atoms with Crippen molar-refractivity contribution in [2.24, 2.45) is 0 Å². The van der Waals surface area contributed by atoms with E-state index in [1.165, 1.54) is 0 Å². The molecular formula is C13H17BrO3. The molecule has 0 amide bonds. The van der Waals surface area contributed by atoms with Crippen molar-refractivity contribution in [1.29, 1.82) is 0 Å². The maximum absolute atomic E-state index is 11.7. The van der Waals surface area contributed by atoms with Crippen LogP contribution in [0.3, 0.4) is 0 Å². The lowest BCUT2D eigenvalue weighted by Crippen LogP contribution is -2.39. The highest BCUT2D eigenvalue weighted by atomic mass is 79.9. The Morgan fingerprint density at radius 2 is 2.00 bits per heavy atom. The molecule has 0 unspecified atom stereocenters. The highest BCUT2D eigenvalue weighted by Crippen LogP contribution is 2.25. The van der Waals surface area contributed by atoms with Crippen LogP contribution in [0, 0.1) is 0 Å². The number of benzene rings is 1. The summed E-state index contributed by atoms with van der Waals surface area (Å²) in [6.45, 7) is 5.54. The van der Waals surface area contributed by atoms with Gasteiger partial charge in [0.05, 0.1) is 6.61 Å². The van der Waals surface area contributed by atoms with Crippen molar-refractivity contribution in [3.05, 3.63) is 29.8 Å². The third-order valence-electron chi connectivity index (χ3n) is 2.25. The minimum Gasteiger partial charge on any atom is -0.476 e. The predicted octanol–water partition coefficient (Wildman–Crippen LogP) is 3.30. The number of carbonyl (C=O) groups excluding carboxylic acids is 1. The number of para-hydroxylation sites is 1. The van der Waals surface area contributed by atoms with Crippen LogP contribution in [0.25, 0.3) is 0 Å². The smallest absolute Gasteiger partial charge is 0.349 e. The predicted molar refractivity (Wildman–Crippen MR) is 70.4 cm³/mol. The molecule has 0 heterocycles. The first-order valence-electron chi connectivity index (χ1n) is 5.51. The Morgan fingerprint density at radius 1 is 1.35 bits per heavy atom. The molecule has 0 aliphatic carbocycles. The number of carbonyl (C=O) groups is 1. The van der Waals surface area contributed by atoms with Crippen LogP contribution in [-0.4, -0.2) is 18.2 Å². The number of esters is 1. The van der Waals surface area contributed by atoms with Gasteiger partial charge in [0.2, 0.25) is 0 Å². The first-order valence-corrected chi connectivity index (χ1v) is 6.63. The van der Waals surface area contributed by atoms with Crippen molar-refractivity contribution in [3.63, 3.8) is 0 Å². The molecule has 1 aromatic rings. The molecule has 0 atom stereocenters. The van der Waals surface area contributed by atoms with Crippen LogP contribution in [0.1, 0.15) is 26.3 Å². The Bertz CT molecular complexity index is 388. The summed E-state index contributed by atoms with van der Waals surface area (Å²) in [5, 5.41) is 0.683. The van der Waals surface area contributed by atoms with Gasteiger partial charge in [-0.05, 0) is 26.8 Å². The van der Waals surface area contributed by atoms with Crippen LogP contribution in [0.5, 0.6) is 5.75 Å². The Morgan fingerprint density at radius 3 is 2.59 bits per heavy atom. The van der Waals surface area contributed by atoms with Crippen molar-refractivity contribution in [1.82, 2.24) is 0 Å². The van der Waals surface area contributed by atoms with E-state index in [1.807, 2.05) is 24.3 Å². The lowest BCUT2D eigenvalue weighted by Gasteiger charge is -2.25. The van der Waals surface area contributed by atoms with E-state index >= 15 is 0 Å². The van der Waals surface area contributed by atoms with Gasteiger partial charge < -0.3 is 9.47 Å². The summed E-state index contributed by atoms with van der Waals surface area (Å²) in [4.78, 5) is 11.7. The van der Waals surface area contributed by atoms with E-state index in [0.29, 0.717) is 17.7 Å². The van der Waals surface area contributed by atoms with E-state index in [0.717, 1.165) is 5.56 Å². The molecule has 4 heteroatoms. The largest absolute Gasteiger partial charge is 0.476 e. The molecule has 0 radical (unpaired) electrons. The van der Waals surface area contributed by atoms with Crippen LogP contribution in [0.4, 0.5) is 0 Å². The number of ether oxygens (including phenoxy) is 2. The number of hydrogen-bond acceptors (Lipinski definition) is 3. The highest BCUT2D eigenvalue weighted by molar-refractivity contribution is 9.08. The molecule has 0 aromatic heterocycles. The van der Waals surface area contributed by atoms with Crippen molar-refractivity contribution in [2.45, 2.75) is 31.7 Å². The Labute approximate surface area is 110 Å². The normalized spacial score (nSPS) is 11.1. The van der Waals surface area contributed by atoms with Crippen LogP contribution in [0.2, 0.25) is 0 Å². The van der Waals surface area contributed by atoms with Crippen molar-refractivity contribution in [3.8, 4) is 5.75 Å². The lowest BCUT2D eigenvalue weighted by molar-refractivity contribution is -0.158. The van der Waals surface area contributed by atoms with Crippen molar-refractivity contribution >= 4 is 21.9 Å². The second-order valence-corrected chi connectivity index (χ2v) is 4.63. The molecule has 1 aromatic carbocycles. The van der Waals surface area contributed by atoms with Gasteiger partial charge in [0.1, 0.15) is 5.75 Å². The minimum atomic E-state index is -0.978. The third kappa shape index (κ3) is 3.73. The Balaban J connectivity index is 2.85. The zero-order chi connectivity index (χ0) is 12.9. The SMILES string of the molecule is CCOC(=O)C(C)(C)Oc1ccccc1CBr. The van der Waals surface area contributed by atoms with E-state index in [1.54, 1.807) is 20.8 Å². The maximum atomic E-state index is 11.7. The van der Waals surface area contributed by atoms with Crippen LogP contribution < -0.4 is 4.74 Å². The average molecular weight is 301 g/mol. The van der Waals surface area contributed by atoms with Gasteiger partial charge in [0.15, 0.2) is 5.60 Å². The minimum absolute atomic E-state index is 0.353. The molecule has 17 heavy (non-hydrogen) atoms.